The molecule has 0 amide bonds. The zero-order valence-electron chi connectivity index (χ0n) is 10.8. The van der Waals surface area contributed by atoms with Crippen molar-refractivity contribution >= 4 is 11.8 Å². The summed E-state index contributed by atoms with van der Waals surface area (Å²) >= 11 is 1.82. The lowest BCUT2D eigenvalue weighted by Gasteiger charge is -2.19. The van der Waals surface area contributed by atoms with Gasteiger partial charge < -0.3 is 10.2 Å². The first kappa shape index (κ1) is 13.2. The standard InChI is InChI=1S/C15H19NOS/c1-11-5-7-13(8-6-11)15(16)12(2)18-10-14-4-3-9-17-14/h3-9,12,15H,10,16H2,1-2H3. The largest absolute Gasteiger partial charge is 0.468 e. The molecule has 2 nitrogen and oxygen atoms in total. The molecule has 1 aromatic heterocycles. The summed E-state index contributed by atoms with van der Waals surface area (Å²) in [6, 6.07) is 12.4. The van der Waals surface area contributed by atoms with Gasteiger partial charge in [0.1, 0.15) is 5.76 Å². The van der Waals surface area contributed by atoms with E-state index in [2.05, 4.69) is 38.1 Å². The van der Waals surface area contributed by atoms with Gasteiger partial charge in [0, 0.05) is 11.3 Å². The molecule has 18 heavy (non-hydrogen) atoms. The van der Waals surface area contributed by atoms with Crippen LogP contribution in [-0.4, -0.2) is 5.25 Å². The quantitative estimate of drug-likeness (QED) is 0.887. The highest BCUT2D eigenvalue weighted by Crippen LogP contribution is 2.27. The van der Waals surface area contributed by atoms with Gasteiger partial charge in [-0.15, -0.1) is 11.8 Å². The Labute approximate surface area is 113 Å². The van der Waals surface area contributed by atoms with Crippen molar-refractivity contribution < 1.29 is 4.42 Å². The fraction of sp³-hybridized carbons (Fsp3) is 0.333. The van der Waals surface area contributed by atoms with Gasteiger partial charge in [0.05, 0.1) is 12.0 Å². The molecule has 0 aliphatic carbocycles. The van der Waals surface area contributed by atoms with Crippen LogP contribution in [0.2, 0.25) is 0 Å². The molecule has 96 valence electrons. The van der Waals surface area contributed by atoms with Crippen molar-refractivity contribution in [2.24, 2.45) is 5.73 Å². The van der Waals surface area contributed by atoms with E-state index in [1.54, 1.807) is 6.26 Å². The van der Waals surface area contributed by atoms with Crippen molar-refractivity contribution in [2.75, 3.05) is 0 Å². The average Bonchev–Trinajstić information content (AvgIpc) is 2.89. The Morgan fingerprint density at radius 2 is 1.94 bits per heavy atom. The highest BCUT2D eigenvalue weighted by molar-refractivity contribution is 7.99. The molecule has 0 saturated carbocycles. The molecule has 1 aromatic carbocycles. The minimum absolute atomic E-state index is 0.0607. The van der Waals surface area contributed by atoms with Crippen LogP contribution in [0.25, 0.3) is 0 Å². The van der Waals surface area contributed by atoms with Crippen molar-refractivity contribution in [3.63, 3.8) is 0 Å². The molecule has 0 radical (unpaired) electrons. The van der Waals surface area contributed by atoms with Crippen LogP contribution >= 0.6 is 11.8 Å². The summed E-state index contributed by atoms with van der Waals surface area (Å²) in [6.07, 6.45) is 1.71. The average molecular weight is 261 g/mol. The number of nitrogens with two attached hydrogens (primary N) is 1. The summed E-state index contributed by atoms with van der Waals surface area (Å²) in [7, 11) is 0. The maximum Gasteiger partial charge on any atom is 0.113 e. The molecule has 2 atom stereocenters. The van der Waals surface area contributed by atoms with Gasteiger partial charge in [0.25, 0.3) is 0 Å². The van der Waals surface area contributed by atoms with Crippen LogP contribution in [0.4, 0.5) is 0 Å². The Bertz CT molecular complexity index is 464. The molecule has 2 rings (SSSR count). The Kier molecular flexibility index (Phi) is 4.50. The Morgan fingerprint density at radius 1 is 1.22 bits per heavy atom. The number of furan rings is 1. The number of hydrogen-bond donors (Lipinski definition) is 1. The van der Waals surface area contributed by atoms with Crippen LogP contribution in [0, 0.1) is 6.92 Å². The Morgan fingerprint density at radius 3 is 2.56 bits per heavy atom. The molecule has 0 saturated heterocycles. The molecule has 0 aliphatic rings. The second kappa shape index (κ2) is 6.12. The third-order valence-corrected chi connectivity index (χ3v) is 4.31. The molecule has 0 spiro atoms. The maximum absolute atomic E-state index is 6.28. The molecule has 0 aliphatic heterocycles. The van der Waals surface area contributed by atoms with E-state index in [1.807, 2.05) is 23.9 Å². The molecule has 2 unspecified atom stereocenters. The van der Waals surface area contributed by atoms with E-state index in [1.165, 1.54) is 11.1 Å². The Balaban J connectivity index is 1.91. The minimum atomic E-state index is 0.0607. The lowest BCUT2D eigenvalue weighted by atomic mass is 10.0. The van der Waals surface area contributed by atoms with Crippen LogP contribution in [0.3, 0.4) is 0 Å². The summed E-state index contributed by atoms with van der Waals surface area (Å²) in [4.78, 5) is 0. The molecule has 3 heteroatoms. The van der Waals surface area contributed by atoms with Crippen molar-refractivity contribution in [3.8, 4) is 0 Å². The zero-order chi connectivity index (χ0) is 13.0. The van der Waals surface area contributed by atoms with E-state index in [4.69, 9.17) is 10.2 Å². The Hall–Kier alpha value is -1.19. The van der Waals surface area contributed by atoms with Gasteiger partial charge in [-0.2, -0.15) is 0 Å². The summed E-state index contributed by atoms with van der Waals surface area (Å²) in [6.45, 7) is 4.25. The maximum atomic E-state index is 6.28. The van der Waals surface area contributed by atoms with Crippen LogP contribution in [-0.2, 0) is 5.75 Å². The first-order chi connectivity index (χ1) is 8.66. The fourth-order valence-corrected chi connectivity index (χ4v) is 2.73. The molecular weight excluding hydrogens is 242 g/mol. The minimum Gasteiger partial charge on any atom is -0.468 e. The molecule has 1 heterocycles. The van der Waals surface area contributed by atoms with E-state index in [9.17, 15) is 0 Å². The van der Waals surface area contributed by atoms with E-state index >= 15 is 0 Å². The smallest absolute Gasteiger partial charge is 0.113 e. The molecule has 2 N–H and O–H groups in total. The fourth-order valence-electron chi connectivity index (χ4n) is 1.77. The van der Waals surface area contributed by atoms with Gasteiger partial charge in [-0.1, -0.05) is 36.8 Å². The van der Waals surface area contributed by atoms with Crippen molar-refractivity contribution in [3.05, 3.63) is 59.5 Å². The number of thioether (sulfide) groups is 1. The molecule has 2 aromatic rings. The molecular formula is C15H19NOS. The van der Waals surface area contributed by atoms with Crippen LogP contribution in [0.1, 0.15) is 29.9 Å². The van der Waals surface area contributed by atoms with E-state index in [0.29, 0.717) is 5.25 Å². The summed E-state index contributed by atoms with van der Waals surface area (Å²) in [5.41, 5.74) is 8.74. The highest BCUT2D eigenvalue weighted by atomic mass is 32.2. The number of rotatable bonds is 5. The van der Waals surface area contributed by atoms with Gasteiger partial charge in [-0.05, 0) is 24.6 Å². The number of hydrogen-bond acceptors (Lipinski definition) is 3. The van der Waals surface area contributed by atoms with Crippen molar-refractivity contribution in [2.45, 2.75) is 30.9 Å². The zero-order valence-corrected chi connectivity index (χ0v) is 11.6. The van der Waals surface area contributed by atoms with E-state index < -0.39 is 0 Å². The van der Waals surface area contributed by atoms with Crippen LogP contribution in [0.15, 0.2) is 47.1 Å². The number of aryl methyl sites for hydroxylation is 1. The van der Waals surface area contributed by atoms with Crippen molar-refractivity contribution in [1.29, 1.82) is 0 Å². The third kappa shape index (κ3) is 3.40. The van der Waals surface area contributed by atoms with E-state index in [0.717, 1.165) is 11.5 Å². The predicted molar refractivity (Wildman–Crippen MR) is 77.6 cm³/mol. The first-order valence-electron chi connectivity index (χ1n) is 6.13. The summed E-state index contributed by atoms with van der Waals surface area (Å²) in [5, 5.41) is 0.359. The monoisotopic (exact) mass is 261 g/mol. The van der Waals surface area contributed by atoms with Crippen molar-refractivity contribution in [1.82, 2.24) is 0 Å². The second-order valence-electron chi connectivity index (χ2n) is 4.53. The highest BCUT2D eigenvalue weighted by Gasteiger charge is 2.15. The normalized spacial score (nSPS) is 14.4. The lowest BCUT2D eigenvalue weighted by molar-refractivity contribution is 0.530. The third-order valence-electron chi connectivity index (χ3n) is 3.04. The second-order valence-corrected chi connectivity index (χ2v) is 5.90. The first-order valence-corrected chi connectivity index (χ1v) is 7.18. The van der Waals surface area contributed by atoms with Gasteiger partial charge in [-0.25, -0.2) is 0 Å². The van der Waals surface area contributed by atoms with Gasteiger partial charge in [0.15, 0.2) is 0 Å². The summed E-state index contributed by atoms with van der Waals surface area (Å²) < 4.78 is 5.32. The predicted octanol–water partition coefficient (Wildman–Crippen LogP) is 3.91. The van der Waals surface area contributed by atoms with E-state index in [-0.39, 0.29) is 6.04 Å². The lowest BCUT2D eigenvalue weighted by Crippen LogP contribution is -2.21. The van der Waals surface area contributed by atoms with Gasteiger partial charge >= 0.3 is 0 Å². The van der Waals surface area contributed by atoms with Gasteiger partial charge in [-0.3, -0.25) is 0 Å². The number of benzene rings is 1. The summed E-state index contributed by atoms with van der Waals surface area (Å²) in [5.74, 6) is 1.87. The SMILES string of the molecule is Cc1ccc(C(N)C(C)SCc2ccco2)cc1. The van der Waals surface area contributed by atoms with Crippen LogP contribution in [0.5, 0.6) is 0 Å². The van der Waals surface area contributed by atoms with Crippen LogP contribution < -0.4 is 5.73 Å². The molecule has 0 bridgehead atoms. The molecule has 0 fully saturated rings. The van der Waals surface area contributed by atoms with Gasteiger partial charge in [0.2, 0.25) is 0 Å². The topological polar surface area (TPSA) is 39.2 Å².